The lowest BCUT2D eigenvalue weighted by molar-refractivity contribution is 0.413. The molecule has 3 atom stereocenters. The van der Waals surface area contributed by atoms with E-state index in [-0.39, 0.29) is 17.8 Å². The Kier molecular flexibility index (Phi) is 3.88. The monoisotopic (exact) mass is 295 g/mol. The lowest BCUT2D eigenvalue weighted by atomic mass is 9.71. The van der Waals surface area contributed by atoms with Crippen molar-refractivity contribution in [1.29, 1.82) is 0 Å². The Morgan fingerprint density at radius 2 is 1.86 bits per heavy atom. The third kappa shape index (κ3) is 2.58. The predicted molar refractivity (Wildman–Crippen MR) is 85.7 cm³/mol. The van der Waals surface area contributed by atoms with E-state index in [9.17, 15) is 4.39 Å². The molecule has 0 saturated heterocycles. The molecule has 0 radical (unpaired) electrons. The van der Waals surface area contributed by atoms with Gasteiger partial charge in [0.1, 0.15) is 5.82 Å². The van der Waals surface area contributed by atoms with Gasteiger partial charge in [0.05, 0.1) is 11.2 Å². The number of hydrogen-bond acceptors (Lipinski definition) is 3. The molecule has 2 aromatic rings. The Labute approximate surface area is 129 Å². The highest BCUT2D eigenvalue weighted by Gasteiger charge is 2.40. The summed E-state index contributed by atoms with van der Waals surface area (Å²) in [6.07, 6.45) is 9.28. The minimum absolute atomic E-state index is 0.259. The highest BCUT2D eigenvalue weighted by atomic mass is 19.1. The van der Waals surface area contributed by atoms with Gasteiger partial charge in [-0.25, -0.2) is 4.39 Å². The van der Waals surface area contributed by atoms with Crippen LogP contribution in [0.5, 0.6) is 0 Å². The van der Waals surface area contributed by atoms with Crippen molar-refractivity contribution in [2.24, 2.45) is 11.5 Å². The molecule has 1 aromatic heterocycles. The van der Waals surface area contributed by atoms with Crippen molar-refractivity contribution < 1.29 is 4.39 Å². The topological polar surface area (TPSA) is 64.9 Å². The lowest BCUT2D eigenvalue weighted by Crippen LogP contribution is -2.58. The summed E-state index contributed by atoms with van der Waals surface area (Å²) in [6.45, 7) is 0. The summed E-state index contributed by atoms with van der Waals surface area (Å²) in [6, 6.07) is 11.7. The number of nitrogens with two attached hydrogens (primary N) is 2. The van der Waals surface area contributed by atoms with E-state index < -0.39 is 5.54 Å². The summed E-state index contributed by atoms with van der Waals surface area (Å²) in [5.74, 6) is -0.538. The second kappa shape index (κ2) is 5.83. The van der Waals surface area contributed by atoms with Crippen LogP contribution in [0, 0.1) is 5.82 Å². The maximum atomic E-state index is 13.3. The number of benzene rings is 1. The molecular formula is C18H18FN3. The first-order valence-corrected chi connectivity index (χ1v) is 7.18. The number of rotatable bonds is 3. The van der Waals surface area contributed by atoms with E-state index in [4.69, 9.17) is 11.5 Å². The van der Waals surface area contributed by atoms with E-state index in [1.807, 2.05) is 42.5 Å². The number of pyridine rings is 1. The Balaban J connectivity index is 2.13. The quantitative estimate of drug-likeness (QED) is 0.914. The van der Waals surface area contributed by atoms with Gasteiger partial charge in [-0.1, -0.05) is 42.5 Å². The zero-order valence-electron chi connectivity index (χ0n) is 12.1. The van der Waals surface area contributed by atoms with Crippen molar-refractivity contribution >= 4 is 0 Å². The van der Waals surface area contributed by atoms with Crippen molar-refractivity contribution in [3.63, 3.8) is 0 Å². The van der Waals surface area contributed by atoms with Gasteiger partial charge in [-0.05, 0) is 29.8 Å². The van der Waals surface area contributed by atoms with Gasteiger partial charge in [0, 0.05) is 18.2 Å². The van der Waals surface area contributed by atoms with Gasteiger partial charge in [-0.15, -0.1) is 0 Å². The van der Waals surface area contributed by atoms with Gasteiger partial charge in [0.15, 0.2) is 0 Å². The van der Waals surface area contributed by atoms with E-state index in [1.165, 1.54) is 12.1 Å². The lowest BCUT2D eigenvalue weighted by Gasteiger charge is -2.40. The molecule has 1 aliphatic carbocycles. The zero-order chi connectivity index (χ0) is 15.6. The van der Waals surface area contributed by atoms with Crippen molar-refractivity contribution in [1.82, 2.24) is 4.98 Å². The second-order valence-electron chi connectivity index (χ2n) is 5.51. The molecule has 4 N–H and O–H groups in total. The number of hydrogen-bond donors (Lipinski definition) is 2. The molecule has 1 heterocycles. The van der Waals surface area contributed by atoms with Gasteiger partial charge >= 0.3 is 0 Å². The highest BCUT2D eigenvalue weighted by Crippen LogP contribution is 2.36. The summed E-state index contributed by atoms with van der Waals surface area (Å²) in [5, 5.41) is 0. The van der Waals surface area contributed by atoms with Gasteiger partial charge < -0.3 is 11.5 Å². The molecule has 0 amide bonds. The van der Waals surface area contributed by atoms with Crippen molar-refractivity contribution in [3.8, 4) is 0 Å². The fourth-order valence-corrected chi connectivity index (χ4v) is 2.89. The SMILES string of the molecule is NC1C=CC=CC1(N)C(c1ccc(F)cc1)c1ccccn1. The molecule has 1 aliphatic rings. The van der Waals surface area contributed by atoms with Crippen molar-refractivity contribution in [2.75, 3.05) is 0 Å². The fourth-order valence-electron chi connectivity index (χ4n) is 2.89. The number of aromatic nitrogens is 1. The molecule has 0 aliphatic heterocycles. The maximum Gasteiger partial charge on any atom is 0.123 e. The molecule has 4 heteroatoms. The largest absolute Gasteiger partial charge is 0.323 e. The van der Waals surface area contributed by atoms with Crippen molar-refractivity contribution in [2.45, 2.75) is 17.5 Å². The molecule has 112 valence electrons. The van der Waals surface area contributed by atoms with Crippen LogP contribution < -0.4 is 11.5 Å². The Bertz CT molecular complexity index is 694. The molecule has 22 heavy (non-hydrogen) atoms. The van der Waals surface area contributed by atoms with E-state index in [1.54, 1.807) is 18.3 Å². The van der Waals surface area contributed by atoms with Crippen LogP contribution in [0.2, 0.25) is 0 Å². The van der Waals surface area contributed by atoms with Crippen LogP contribution in [0.3, 0.4) is 0 Å². The molecule has 3 unspecified atom stereocenters. The summed E-state index contributed by atoms with van der Waals surface area (Å²) < 4.78 is 13.3. The van der Waals surface area contributed by atoms with Gasteiger partial charge in [-0.3, -0.25) is 4.98 Å². The van der Waals surface area contributed by atoms with Crippen LogP contribution in [0.25, 0.3) is 0 Å². The summed E-state index contributed by atoms with van der Waals surface area (Å²) in [4.78, 5) is 4.45. The number of nitrogens with zero attached hydrogens (tertiary/aromatic N) is 1. The number of allylic oxidation sites excluding steroid dienone is 2. The van der Waals surface area contributed by atoms with Crippen molar-refractivity contribution in [3.05, 3.63) is 90.0 Å². The molecule has 0 spiro atoms. The van der Waals surface area contributed by atoms with E-state index >= 15 is 0 Å². The fraction of sp³-hybridized carbons (Fsp3) is 0.167. The van der Waals surface area contributed by atoms with Crippen LogP contribution >= 0.6 is 0 Å². The molecular weight excluding hydrogens is 277 g/mol. The third-order valence-corrected chi connectivity index (χ3v) is 4.08. The molecule has 0 saturated carbocycles. The summed E-state index contributed by atoms with van der Waals surface area (Å²) in [5.41, 5.74) is 13.8. The first-order valence-electron chi connectivity index (χ1n) is 7.18. The Morgan fingerprint density at radius 3 is 2.50 bits per heavy atom. The normalized spacial score (nSPS) is 25.1. The molecule has 0 fully saturated rings. The van der Waals surface area contributed by atoms with Crippen LogP contribution in [0.15, 0.2) is 73.0 Å². The van der Waals surface area contributed by atoms with Crippen LogP contribution in [-0.4, -0.2) is 16.6 Å². The molecule has 1 aromatic carbocycles. The molecule has 3 nitrogen and oxygen atoms in total. The standard InChI is InChI=1S/C18H18FN3/c19-14-9-7-13(8-10-14)17(15-5-2-4-12-22-15)18(21)11-3-1-6-16(18)20/h1-12,16-17H,20-21H2. The molecule has 3 rings (SSSR count). The van der Waals surface area contributed by atoms with E-state index in [0.29, 0.717) is 0 Å². The molecule has 0 bridgehead atoms. The van der Waals surface area contributed by atoms with Gasteiger partial charge in [-0.2, -0.15) is 0 Å². The average Bonchev–Trinajstić information content (AvgIpc) is 2.54. The van der Waals surface area contributed by atoms with Gasteiger partial charge in [0.25, 0.3) is 0 Å². The zero-order valence-corrected chi connectivity index (χ0v) is 12.1. The minimum atomic E-state index is -0.819. The van der Waals surface area contributed by atoms with Crippen LogP contribution in [0.1, 0.15) is 17.2 Å². The first kappa shape index (κ1) is 14.6. The number of halogens is 1. The van der Waals surface area contributed by atoms with Gasteiger partial charge in [0.2, 0.25) is 0 Å². The van der Waals surface area contributed by atoms with E-state index in [0.717, 1.165) is 11.3 Å². The maximum absolute atomic E-state index is 13.3. The predicted octanol–water partition coefficient (Wildman–Crippen LogP) is 2.50. The summed E-state index contributed by atoms with van der Waals surface area (Å²) in [7, 11) is 0. The van der Waals surface area contributed by atoms with E-state index in [2.05, 4.69) is 4.98 Å². The highest BCUT2D eigenvalue weighted by molar-refractivity contribution is 5.41. The first-order chi connectivity index (χ1) is 10.6. The Morgan fingerprint density at radius 1 is 1.09 bits per heavy atom. The summed E-state index contributed by atoms with van der Waals surface area (Å²) >= 11 is 0. The third-order valence-electron chi connectivity index (χ3n) is 4.08. The van der Waals surface area contributed by atoms with Crippen LogP contribution in [-0.2, 0) is 0 Å². The minimum Gasteiger partial charge on any atom is -0.323 e. The Hall–Kier alpha value is -2.30. The van der Waals surface area contributed by atoms with Crippen LogP contribution in [0.4, 0.5) is 4.39 Å². The second-order valence-corrected chi connectivity index (χ2v) is 5.51. The smallest absolute Gasteiger partial charge is 0.123 e. The average molecular weight is 295 g/mol.